The Bertz CT molecular complexity index is 424. The summed E-state index contributed by atoms with van der Waals surface area (Å²) < 4.78 is 5.28. The number of rotatable bonds is 3. The van der Waals surface area contributed by atoms with E-state index in [0.717, 1.165) is 0 Å². The number of pyridine rings is 1. The predicted octanol–water partition coefficient (Wildman–Crippen LogP) is 2.12. The van der Waals surface area contributed by atoms with Gasteiger partial charge in [0.2, 0.25) is 5.88 Å². The Morgan fingerprint density at radius 2 is 2.33 bits per heavy atom. The Hall–Kier alpha value is -1.60. The molecule has 1 aromatic heterocycles. The lowest BCUT2D eigenvalue weighted by atomic mass is 10.2. The van der Waals surface area contributed by atoms with E-state index in [1.54, 1.807) is 0 Å². The van der Waals surface area contributed by atoms with Gasteiger partial charge >= 0.3 is 0 Å². The van der Waals surface area contributed by atoms with Crippen molar-refractivity contribution in [1.29, 1.82) is 5.26 Å². The number of halogens is 1. The Morgan fingerprint density at radius 3 is 2.80 bits per heavy atom. The second kappa shape index (κ2) is 4.76. The van der Waals surface area contributed by atoms with Crippen molar-refractivity contribution in [2.45, 2.75) is 20.0 Å². The van der Waals surface area contributed by atoms with Crippen molar-refractivity contribution < 1.29 is 9.53 Å². The minimum Gasteiger partial charge on any atom is -0.474 e. The zero-order valence-electron chi connectivity index (χ0n) is 8.32. The quantitative estimate of drug-likeness (QED) is 0.738. The van der Waals surface area contributed by atoms with E-state index in [-0.39, 0.29) is 23.1 Å². The van der Waals surface area contributed by atoms with E-state index in [0.29, 0.717) is 0 Å². The Balaban J connectivity index is 3.11. The van der Waals surface area contributed by atoms with Crippen LogP contribution in [-0.4, -0.2) is 16.3 Å². The van der Waals surface area contributed by atoms with Crippen molar-refractivity contribution in [3.63, 3.8) is 0 Å². The van der Waals surface area contributed by atoms with Crippen LogP contribution in [0, 0.1) is 11.3 Å². The molecule has 0 aliphatic heterocycles. The maximum Gasteiger partial charge on any atom is 0.253 e. The van der Waals surface area contributed by atoms with Gasteiger partial charge < -0.3 is 4.74 Å². The molecule has 0 spiro atoms. The van der Waals surface area contributed by atoms with E-state index >= 15 is 0 Å². The van der Waals surface area contributed by atoms with Crippen LogP contribution in [-0.2, 0) is 0 Å². The van der Waals surface area contributed by atoms with Crippen LogP contribution in [0.25, 0.3) is 0 Å². The number of carbonyl (C=O) groups is 1. The molecule has 0 unspecified atom stereocenters. The summed E-state index contributed by atoms with van der Waals surface area (Å²) in [6, 6.07) is 3.26. The molecule has 0 atom stereocenters. The number of aromatic nitrogens is 1. The summed E-state index contributed by atoms with van der Waals surface area (Å²) in [5.74, 6) is 0.217. The van der Waals surface area contributed by atoms with Gasteiger partial charge in [-0.15, -0.1) is 0 Å². The third-order valence-electron chi connectivity index (χ3n) is 1.55. The molecule has 1 heterocycles. The normalized spacial score (nSPS) is 9.80. The first-order chi connectivity index (χ1) is 7.04. The van der Waals surface area contributed by atoms with E-state index in [1.807, 2.05) is 19.9 Å². The van der Waals surface area contributed by atoms with Crippen LogP contribution in [0.15, 0.2) is 12.3 Å². The minimum absolute atomic E-state index is 0.0813. The molecular weight excluding hydrogens is 216 g/mol. The fraction of sp³-hybridized carbons (Fsp3) is 0.300. The average molecular weight is 225 g/mol. The SMILES string of the molecule is CC(C)Oc1ncc(C(=O)Cl)cc1C#N. The number of nitrogens with zero attached hydrogens (tertiary/aromatic N) is 2. The highest BCUT2D eigenvalue weighted by Gasteiger charge is 2.11. The van der Waals surface area contributed by atoms with E-state index in [9.17, 15) is 4.79 Å². The molecule has 15 heavy (non-hydrogen) atoms. The maximum atomic E-state index is 10.8. The smallest absolute Gasteiger partial charge is 0.253 e. The highest BCUT2D eigenvalue weighted by molar-refractivity contribution is 6.67. The van der Waals surface area contributed by atoms with Gasteiger partial charge in [0.05, 0.1) is 11.7 Å². The molecule has 0 aliphatic carbocycles. The first-order valence-corrected chi connectivity index (χ1v) is 4.69. The zero-order chi connectivity index (χ0) is 11.4. The molecule has 0 N–H and O–H groups in total. The lowest BCUT2D eigenvalue weighted by molar-refractivity contribution is 0.108. The van der Waals surface area contributed by atoms with Gasteiger partial charge in [-0.2, -0.15) is 5.26 Å². The van der Waals surface area contributed by atoms with Gasteiger partial charge in [0.25, 0.3) is 5.24 Å². The zero-order valence-corrected chi connectivity index (χ0v) is 9.08. The standard InChI is InChI=1S/C10H9ClN2O2/c1-6(2)15-10-7(4-12)3-8(5-13-10)9(11)14/h3,5-6H,1-2H3. The summed E-state index contributed by atoms with van der Waals surface area (Å²) in [6.07, 6.45) is 1.20. The molecule has 78 valence electrons. The molecule has 1 aromatic rings. The van der Waals surface area contributed by atoms with Gasteiger partial charge in [0.15, 0.2) is 0 Å². The fourth-order valence-corrected chi connectivity index (χ4v) is 1.06. The predicted molar refractivity (Wildman–Crippen MR) is 54.9 cm³/mol. The summed E-state index contributed by atoms with van der Waals surface area (Å²) >= 11 is 5.26. The molecule has 0 aliphatic rings. The van der Waals surface area contributed by atoms with Crippen LogP contribution < -0.4 is 4.74 Å². The highest BCUT2D eigenvalue weighted by Crippen LogP contribution is 2.17. The van der Waals surface area contributed by atoms with Crippen molar-refractivity contribution in [2.24, 2.45) is 0 Å². The highest BCUT2D eigenvalue weighted by atomic mass is 35.5. The molecular formula is C10H9ClN2O2. The number of hydrogen-bond acceptors (Lipinski definition) is 4. The summed E-state index contributed by atoms with van der Waals surface area (Å²) in [4.78, 5) is 14.7. The molecule has 0 amide bonds. The average Bonchev–Trinajstić information content (AvgIpc) is 2.17. The molecule has 5 heteroatoms. The molecule has 0 fully saturated rings. The fourth-order valence-electron chi connectivity index (χ4n) is 0.957. The van der Waals surface area contributed by atoms with Crippen LogP contribution in [0.5, 0.6) is 5.88 Å². The van der Waals surface area contributed by atoms with Gasteiger partial charge in [-0.05, 0) is 31.5 Å². The number of ether oxygens (including phenoxy) is 1. The molecule has 0 aromatic carbocycles. The molecule has 1 rings (SSSR count). The van der Waals surface area contributed by atoms with Crippen LogP contribution in [0.4, 0.5) is 0 Å². The topological polar surface area (TPSA) is 63.0 Å². The van der Waals surface area contributed by atoms with Gasteiger partial charge in [-0.3, -0.25) is 4.79 Å². The second-order valence-electron chi connectivity index (χ2n) is 3.13. The first-order valence-electron chi connectivity index (χ1n) is 4.31. The van der Waals surface area contributed by atoms with Crippen molar-refractivity contribution in [2.75, 3.05) is 0 Å². The molecule has 0 saturated carbocycles. The maximum absolute atomic E-state index is 10.8. The Labute approximate surface area is 92.4 Å². The summed E-state index contributed by atoms with van der Waals surface area (Å²) in [5, 5.41) is 8.17. The lowest BCUT2D eigenvalue weighted by Gasteiger charge is -2.09. The van der Waals surface area contributed by atoms with Crippen molar-refractivity contribution in [3.8, 4) is 11.9 Å². The van der Waals surface area contributed by atoms with Gasteiger partial charge in [0.1, 0.15) is 11.6 Å². The lowest BCUT2D eigenvalue weighted by Crippen LogP contribution is -2.09. The third-order valence-corrected chi connectivity index (χ3v) is 1.76. The van der Waals surface area contributed by atoms with E-state index in [1.165, 1.54) is 12.3 Å². The van der Waals surface area contributed by atoms with E-state index in [4.69, 9.17) is 21.6 Å². The van der Waals surface area contributed by atoms with Crippen LogP contribution >= 0.6 is 11.6 Å². The molecule has 4 nitrogen and oxygen atoms in total. The number of carbonyl (C=O) groups excluding carboxylic acids is 1. The summed E-state index contributed by atoms with van der Waals surface area (Å²) in [5.41, 5.74) is 0.388. The van der Waals surface area contributed by atoms with Crippen molar-refractivity contribution >= 4 is 16.8 Å². The molecule has 0 bridgehead atoms. The third kappa shape index (κ3) is 2.93. The monoisotopic (exact) mass is 224 g/mol. The second-order valence-corrected chi connectivity index (χ2v) is 3.47. The van der Waals surface area contributed by atoms with Gasteiger partial charge in [0, 0.05) is 6.20 Å². The van der Waals surface area contributed by atoms with Gasteiger partial charge in [-0.1, -0.05) is 0 Å². The van der Waals surface area contributed by atoms with E-state index in [2.05, 4.69) is 4.98 Å². The van der Waals surface area contributed by atoms with Crippen LogP contribution in [0.2, 0.25) is 0 Å². The van der Waals surface area contributed by atoms with Crippen LogP contribution in [0.3, 0.4) is 0 Å². The van der Waals surface area contributed by atoms with Crippen LogP contribution in [0.1, 0.15) is 29.8 Å². The number of hydrogen-bond donors (Lipinski definition) is 0. The largest absolute Gasteiger partial charge is 0.474 e. The summed E-state index contributed by atoms with van der Waals surface area (Å²) in [6.45, 7) is 3.65. The Morgan fingerprint density at radius 1 is 1.67 bits per heavy atom. The Kier molecular flexibility index (Phi) is 3.64. The summed E-state index contributed by atoms with van der Waals surface area (Å²) in [7, 11) is 0. The van der Waals surface area contributed by atoms with Crippen molar-refractivity contribution in [1.82, 2.24) is 4.98 Å². The minimum atomic E-state index is -0.643. The molecule has 0 radical (unpaired) electrons. The molecule has 0 saturated heterocycles. The van der Waals surface area contributed by atoms with Crippen molar-refractivity contribution in [3.05, 3.63) is 23.4 Å². The number of nitriles is 1. The van der Waals surface area contributed by atoms with E-state index < -0.39 is 5.24 Å². The van der Waals surface area contributed by atoms with Gasteiger partial charge in [-0.25, -0.2) is 4.98 Å². The first kappa shape index (κ1) is 11.5.